The molecule has 1 aromatic rings. The van der Waals surface area contributed by atoms with Gasteiger partial charge in [0.25, 0.3) is 0 Å². The van der Waals surface area contributed by atoms with Gasteiger partial charge in [0.1, 0.15) is 5.04 Å². The standard InChI is InChI=1S/C9H9N3S/c1-2-4-8(5-3-1)12-9-6-10-11-7-13-9/h1-6,11H,7H2. The van der Waals surface area contributed by atoms with Crippen LogP contribution >= 0.6 is 11.8 Å². The van der Waals surface area contributed by atoms with Gasteiger partial charge in [0.2, 0.25) is 0 Å². The van der Waals surface area contributed by atoms with Gasteiger partial charge in [-0.15, -0.1) is 0 Å². The second kappa shape index (κ2) is 4.09. The zero-order valence-corrected chi connectivity index (χ0v) is 7.79. The lowest BCUT2D eigenvalue weighted by molar-refractivity contribution is 0.880. The molecule has 1 N–H and O–H groups in total. The van der Waals surface area contributed by atoms with E-state index >= 15 is 0 Å². The molecule has 0 fully saturated rings. The number of benzene rings is 1. The van der Waals surface area contributed by atoms with Crippen LogP contribution in [0.3, 0.4) is 0 Å². The molecule has 4 heteroatoms. The molecule has 0 spiro atoms. The number of hydrogen-bond acceptors (Lipinski definition) is 4. The summed E-state index contributed by atoms with van der Waals surface area (Å²) >= 11 is 1.65. The minimum Gasteiger partial charge on any atom is -0.300 e. The number of nitrogens with zero attached hydrogens (tertiary/aromatic N) is 2. The summed E-state index contributed by atoms with van der Waals surface area (Å²) in [6.07, 6.45) is 1.74. The van der Waals surface area contributed by atoms with E-state index in [9.17, 15) is 0 Å². The molecular weight excluding hydrogens is 182 g/mol. The van der Waals surface area contributed by atoms with E-state index in [0.717, 1.165) is 16.6 Å². The first kappa shape index (κ1) is 8.31. The normalized spacial score (nSPS) is 18.6. The largest absolute Gasteiger partial charge is 0.300 e. The summed E-state index contributed by atoms with van der Waals surface area (Å²) in [6.45, 7) is 0. The quantitative estimate of drug-likeness (QED) is 0.737. The summed E-state index contributed by atoms with van der Waals surface area (Å²) in [7, 11) is 0. The molecule has 0 saturated carbocycles. The molecule has 2 rings (SSSR count). The van der Waals surface area contributed by atoms with Crippen LogP contribution in [0.2, 0.25) is 0 Å². The van der Waals surface area contributed by atoms with Crippen LogP contribution in [0.4, 0.5) is 5.69 Å². The van der Waals surface area contributed by atoms with Crippen LogP contribution in [-0.2, 0) is 0 Å². The van der Waals surface area contributed by atoms with Crippen molar-refractivity contribution in [1.29, 1.82) is 0 Å². The Labute approximate surface area is 81.0 Å². The van der Waals surface area contributed by atoms with Gasteiger partial charge in [-0.3, -0.25) is 5.43 Å². The smallest absolute Gasteiger partial charge is 0.119 e. The van der Waals surface area contributed by atoms with Crippen molar-refractivity contribution >= 4 is 28.7 Å². The summed E-state index contributed by atoms with van der Waals surface area (Å²) < 4.78 is 0. The van der Waals surface area contributed by atoms with Gasteiger partial charge >= 0.3 is 0 Å². The number of thioether (sulfide) groups is 1. The summed E-state index contributed by atoms with van der Waals surface area (Å²) in [5.74, 6) is 0.794. The zero-order valence-electron chi connectivity index (χ0n) is 6.97. The van der Waals surface area contributed by atoms with Crippen LogP contribution < -0.4 is 5.43 Å². The third-order valence-electron chi connectivity index (χ3n) is 1.55. The lowest BCUT2D eigenvalue weighted by atomic mass is 10.3. The molecular formula is C9H9N3S. The van der Waals surface area contributed by atoms with Crippen LogP contribution in [0.5, 0.6) is 0 Å². The monoisotopic (exact) mass is 191 g/mol. The third-order valence-corrected chi connectivity index (χ3v) is 2.31. The van der Waals surface area contributed by atoms with E-state index in [1.54, 1.807) is 18.0 Å². The molecule has 0 bridgehead atoms. The fourth-order valence-corrected chi connectivity index (χ4v) is 1.56. The van der Waals surface area contributed by atoms with E-state index in [0.29, 0.717) is 0 Å². The highest BCUT2D eigenvalue weighted by atomic mass is 32.2. The summed E-state index contributed by atoms with van der Waals surface area (Å²) in [5, 5.41) is 4.88. The van der Waals surface area contributed by atoms with E-state index < -0.39 is 0 Å². The van der Waals surface area contributed by atoms with Gasteiger partial charge in [0, 0.05) is 0 Å². The molecule has 0 aromatic heterocycles. The topological polar surface area (TPSA) is 36.8 Å². The maximum absolute atomic E-state index is 4.41. The van der Waals surface area contributed by atoms with Crippen molar-refractivity contribution in [3.8, 4) is 0 Å². The number of hydrazone groups is 1. The Bertz CT molecular complexity index is 332. The minimum absolute atomic E-state index is 0.794. The van der Waals surface area contributed by atoms with E-state index in [-0.39, 0.29) is 0 Å². The van der Waals surface area contributed by atoms with Gasteiger partial charge in [-0.25, -0.2) is 4.99 Å². The van der Waals surface area contributed by atoms with Gasteiger partial charge in [-0.1, -0.05) is 30.0 Å². The second-order valence-corrected chi connectivity index (χ2v) is 3.49. The van der Waals surface area contributed by atoms with E-state index in [1.807, 2.05) is 30.3 Å². The molecule has 1 aromatic carbocycles. The first-order valence-corrected chi connectivity index (χ1v) is 4.96. The van der Waals surface area contributed by atoms with Crippen molar-refractivity contribution in [2.75, 3.05) is 5.88 Å². The van der Waals surface area contributed by atoms with E-state index in [4.69, 9.17) is 0 Å². The Hall–Kier alpha value is -1.29. The van der Waals surface area contributed by atoms with Crippen LogP contribution in [0.15, 0.2) is 40.4 Å². The second-order valence-electron chi connectivity index (χ2n) is 2.49. The van der Waals surface area contributed by atoms with Crippen LogP contribution in [0, 0.1) is 0 Å². The van der Waals surface area contributed by atoms with Crippen LogP contribution in [0.1, 0.15) is 0 Å². The molecule has 1 aliphatic heterocycles. The number of para-hydroxylation sites is 1. The molecule has 0 aliphatic carbocycles. The molecule has 13 heavy (non-hydrogen) atoms. The number of nitrogens with one attached hydrogen (secondary N) is 1. The lowest BCUT2D eigenvalue weighted by Gasteiger charge is -2.06. The van der Waals surface area contributed by atoms with E-state index in [2.05, 4.69) is 15.5 Å². The lowest BCUT2D eigenvalue weighted by Crippen LogP contribution is -2.14. The zero-order chi connectivity index (χ0) is 8.93. The highest BCUT2D eigenvalue weighted by Gasteiger charge is 2.00. The molecule has 0 saturated heterocycles. The Morgan fingerprint density at radius 2 is 2.15 bits per heavy atom. The van der Waals surface area contributed by atoms with Gasteiger partial charge in [-0.05, 0) is 12.1 Å². The fourth-order valence-electron chi connectivity index (χ4n) is 0.973. The SMILES string of the molecule is C1=NNCSC1=Nc1ccccc1. The minimum atomic E-state index is 0.794. The van der Waals surface area contributed by atoms with Crippen molar-refractivity contribution in [1.82, 2.24) is 5.43 Å². The summed E-state index contributed by atoms with van der Waals surface area (Å²) in [4.78, 5) is 4.41. The summed E-state index contributed by atoms with van der Waals surface area (Å²) in [5.41, 5.74) is 3.82. The van der Waals surface area contributed by atoms with Crippen molar-refractivity contribution < 1.29 is 0 Å². The van der Waals surface area contributed by atoms with Gasteiger partial charge in [0.15, 0.2) is 0 Å². The molecule has 1 heterocycles. The first-order valence-electron chi connectivity index (χ1n) is 3.97. The molecule has 0 atom stereocenters. The number of rotatable bonds is 1. The maximum atomic E-state index is 4.41. The van der Waals surface area contributed by atoms with Gasteiger partial charge < -0.3 is 0 Å². The van der Waals surface area contributed by atoms with Crippen LogP contribution in [-0.4, -0.2) is 17.1 Å². The molecule has 1 aliphatic rings. The maximum Gasteiger partial charge on any atom is 0.119 e. The van der Waals surface area contributed by atoms with Crippen molar-refractivity contribution in [2.24, 2.45) is 10.1 Å². The Morgan fingerprint density at radius 1 is 1.31 bits per heavy atom. The average Bonchev–Trinajstić information content (AvgIpc) is 2.21. The predicted molar refractivity (Wildman–Crippen MR) is 57.6 cm³/mol. The Morgan fingerprint density at radius 3 is 2.85 bits per heavy atom. The van der Waals surface area contributed by atoms with Crippen LogP contribution in [0.25, 0.3) is 0 Å². The molecule has 66 valence electrons. The molecule has 0 radical (unpaired) electrons. The third kappa shape index (κ3) is 2.32. The first-order chi connectivity index (χ1) is 6.45. The van der Waals surface area contributed by atoms with Crippen molar-refractivity contribution in [2.45, 2.75) is 0 Å². The Kier molecular flexibility index (Phi) is 2.62. The fraction of sp³-hybridized carbons (Fsp3) is 0.111. The van der Waals surface area contributed by atoms with Gasteiger partial charge in [-0.2, -0.15) is 5.10 Å². The Balaban J connectivity index is 2.20. The van der Waals surface area contributed by atoms with E-state index in [1.165, 1.54) is 0 Å². The van der Waals surface area contributed by atoms with Gasteiger partial charge in [0.05, 0.1) is 17.8 Å². The average molecular weight is 191 g/mol. The number of aliphatic imine (C=N–C) groups is 1. The van der Waals surface area contributed by atoms with Crippen molar-refractivity contribution in [3.05, 3.63) is 30.3 Å². The highest BCUT2D eigenvalue weighted by Crippen LogP contribution is 2.14. The molecule has 3 nitrogen and oxygen atoms in total. The molecule has 0 amide bonds. The van der Waals surface area contributed by atoms with Crippen molar-refractivity contribution in [3.63, 3.8) is 0 Å². The summed E-state index contributed by atoms with van der Waals surface area (Å²) in [6, 6.07) is 9.88. The highest BCUT2D eigenvalue weighted by molar-refractivity contribution is 8.15. The molecule has 0 unspecified atom stereocenters. The number of hydrogen-bond donors (Lipinski definition) is 1. The predicted octanol–water partition coefficient (Wildman–Crippen LogP) is 2.00.